The highest BCUT2D eigenvalue weighted by Crippen LogP contribution is 2.23. The molecule has 1 aliphatic rings. The zero-order valence-corrected chi connectivity index (χ0v) is 12.1. The third-order valence-corrected chi connectivity index (χ3v) is 3.93. The molecule has 6 nitrogen and oxygen atoms in total. The van der Waals surface area contributed by atoms with Crippen LogP contribution in [0.1, 0.15) is 12.0 Å². The third kappa shape index (κ3) is 3.12. The van der Waals surface area contributed by atoms with Gasteiger partial charge in [0.05, 0.1) is 18.5 Å². The maximum absolute atomic E-state index is 5.61. The van der Waals surface area contributed by atoms with Crippen molar-refractivity contribution in [3.63, 3.8) is 0 Å². The second kappa shape index (κ2) is 6.34. The fourth-order valence-corrected chi connectivity index (χ4v) is 2.59. The van der Waals surface area contributed by atoms with Gasteiger partial charge in [-0.05, 0) is 12.1 Å². The van der Waals surface area contributed by atoms with Crippen molar-refractivity contribution in [2.45, 2.75) is 18.6 Å². The van der Waals surface area contributed by atoms with Crippen LogP contribution in [0.3, 0.4) is 0 Å². The molecule has 3 heterocycles. The van der Waals surface area contributed by atoms with Crippen LogP contribution in [-0.4, -0.2) is 47.7 Å². The van der Waals surface area contributed by atoms with Gasteiger partial charge in [-0.2, -0.15) is 5.10 Å². The summed E-state index contributed by atoms with van der Waals surface area (Å²) in [6.07, 6.45) is 6.37. The minimum atomic E-state index is -0.196. The monoisotopic (exact) mass is 288 g/mol. The number of aromatic amines is 1. The molecule has 0 amide bonds. The number of rotatable bonds is 6. The van der Waals surface area contributed by atoms with Gasteiger partial charge in [0.15, 0.2) is 0 Å². The van der Waals surface area contributed by atoms with Gasteiger partial charge in [0, 0.05) is 56.7 Å². The molecule has 0 aromatic carbocycles. The molecule has 1 fully saturated rings. The summed E-state index contributed by atoms with van der Waals surface area (Å²) in [5, 5.41) is 10.6. The average molecular weight is 288 g/mol. The summed E-state index contributed by atoms with van der Waals surface area (Å²) < 4.78 is 11.1. The van der Waals surface area contributed by atoms with Crippen molar-refractivity contribution in [2.75, 3.05) is 26.9 Å². The van der Waals surface area contributed by atoms with Gasteiger partial charge in [-0.15, -0.1) is 0 Å². The van der Waals surface area contributed by atoms with Crippen molar-refractivity contribution in [3.05, 3.63) is 36.3 Å². The minimum absolute atomic E-state index is 0.196. The van der Waals surface area contributed by atoms with Crippen molar-refractivity contribution in [3.8, 4) is 11.3 Å². The van der Waals surface area contributed by atoms with E-state index in [9.17, 15) is 0 Å². The van der Waals surface area contributed by atoms with E-state index in [2.05, 4.69) is 20.5 Å². The first kappa shape index (κ1) is 14.2. The van der Waals surface area contributed by atoms with Gasteiger partial charge >= 0.3 is 0 Å². The fraction of sp³-hybridized carbons (Fsp3) is 0.467. The minimum Gasteiger partial charge on any atom is -0.378 e. The molecule has 112 valence electrons. The Kier molecular flexibility index (Phi) is 4.28. The summed E-state index contributed by atoms with van der Waals surface area (Å²) >= 11 is 0. The van der Waals surface area contributed by atoms with Gasteiger partial charge in [0.2, 0.25) is 0 Å². The Morgan fingerprint density at radius 3 is 3.14 bits per heavy atom. The predicted octanol–water partition coefficient (Wildman–Crippen LogP) is 1.37. The van der Waals surface area contributed by atoms with E-state index in [-0.39, 0.29) is 5.60 Å². The van der Waals surface area contributed by atoms with E-state index < -0.39 is 0 Å². The second-order valence-electron chi connectivity index (χ2n) is 5.31. The first-order valence-corrected chi connectivity index (χ1v) is 7.09. The van der Waals surface area contributed by atoms with Gasteiger partial charge in [0.1, 0.15) is 5.60 Å². The van der Waals surface area contributed by atoms with Gasteiger partial charge in [-0.3, -0.25) is 10.1 Å². The van der Waals surface area contributed by atoms with Crippen LogP contribution in [-0.2, 0) is 16.0 Å². The van der Waals surface area contributed by atoms with Crippen molar-refractivity contribution >= 4 is 0 Å². The van der Waals surface area contributed by atoms with Crippen LogP contribution in [0.25, 0.3) is 11.3 Å². The quantitative estimate of drug-likeness (QED) is 0.840. The lowest BCUT2D eigenvalue weighted by molar-refractivity contribution is -0.0159. The Labute approximate surface area is 123 Å². The zero-order chi connectivity index (χ0) is 14.5. The third-order valence-electron chi connectivity index (χ3n) is 3.93. The number of hydrogen-bond donors (Lipinski definition) is 2. The maximum Gasteiger partial charge on any atom is 0.106 e. The van der Waals surface area contributed by atoms with E-state index in [1.165, 1.54) is 0 Å². The molecule has 1 atom stereocenters. The molecule has 2 aromatic rings. The van der Waals surface area contributed by atoms with Crippen LogP contribution in [0.5, 0.6) is 0 Å². The van der Waals surface area contributed by atoms with Crippen molar-refractivity contribution in [2.24, 2.45) is 0 Å². The van der Waals surface area contributed by atoms with Gasteiger partial charge in [-0.25, -0.2) is 0 Å². The largest absolute Gasteiger partial charge is 0.378 e. The number of pyridine rings is 1. The summed E-state index contributed by atoms with van der Waals surface area (Å²) in [6.45, 7) is 2.91. The molecule has 1 saturated heterocycles. The lowest BCUT2D eigenvalue weighted by Crippen LogP contribution is -2.42. The van der Waals surface area contributed by atoms with Crippen LogP contribution in [0, 0.1) is 0 Å². The molecule has 1 aliphatic heterocycles. The molecule has 0 spiro atoms. The van der Waals surface area contributed by atoms with Crippen molar-refractivity contribution < 1.29 is 9.47 Å². The van der Waals surface area contributed by atoms with Crippen molar-refractivity contribution in [1.82, 2.24) is 20.5 Å². The van der Waals surface area contributed by atoms with E-state index in [0.717, 1.165) is 42.9 Å². The standard InChI is InChI=1S/C15H20N4O2/c1-20-15(4-6-21-11-15)10-17-8-13-9-18-19-14(13)12-3-2-5-16-7-12/h2-3,5,7,9,17H,4,6,8,10-11H2,1H3,(H,18,19). The predicted molar refractivity (Wildman–Crippen MR) is 78.7 cm³/mol. The van der Waals surface area contributed by atoms with E-state index in [0.29, 0.717) is 6.61 Å². The normalized spacial score (nSPS) is 21.8. The molecule has 6 heteroatoms. The second-order valence-corrected chi connectivity index (χ2v) is 5.31. The number of methoxy groups -OCH3 is 1. The highest BCUT2D eigenvalue weighted by atomic mass is 16.5. The lowest BCUT2D eigenvalue weighted by atomic mass is 10.0. The molecular weight excluding hydrogens is 268 g/mol. The maximum atomic E-state index is 5.61. The van der Waals surface area contributed by atoms with Crippen LogP contribution in [0.2, 0.25) is 0 Å². The SMILES string of the molecule is COC1(CNCc2cn[nH]c2-c2cccnc2)CCOC1. The average Bonchev–Trinajstić information content (AvgIpc) is 3.18. The zero-order valence-electron chi connectivity index (χ0n) is 12.1. The molecule has 1 unspecified atom stereocenters. The summed E-state index contributed by atoms with van der Waals surface area (Å²) in [6, 6.07) is 3.94. The van der Waals surface area contributed by atoms with Crippen molar-refractivity contribution in [1.29, 1.82) is 0 Å². The number of hydrogen-bond acceptors (Lipinski definition) is 5. The Balaban J connectivity index is 1.63. The number of ether oxygens (including phenoxy) is 2. The van der Waals surface area contributed by atoms with Crippen LogP contribution in [0.4, 0.5) is 0 Å². The number of nitrogens with one attached hydrogen (secondary N) is 2. The number of nitrogens with zero attached hydrogens (tertiary/aromatic N) is 2. The van der Waals surface area contributed by atoms with E-state index in [1.54, 1.807) is 13.3 Å². The number of H-pyrrole nitrogens is 1. The summed E-state index contributed by atoms with van der Waals surface area (Å²) in [5.74, 6) is 0. The van der Waals surface area contributed by atoms with Crippen LogP contribution in [0.15, 0.2) is 30.7 Å². The Bertz CT molecular complexity index is 564. The topological polar surface area (TPSA) is 72.1 Å². The Morgan fingerprint density at radius 2 is 2.43 bits per heavy atom. The summed E-state index contributed by atoms with van der Waals surface area (Å²) in [5.41, 5.74) is 2.97. The van der Waals surface area contributed by atoms with E-state index in [1.807, 2.05) is 24.5 Å². The highest BCUT2D eigenvalue weighted by molar-refractivity contribution is 5.61. The molecule has 0 saturated carbocycles. The Morgan fingerprint density at radius 1 is 1.48 bits per heavy atom. The molecule has 0 bridgehead atoms. The van der Waals surface area contributed by atoms with Gasteiger partial charge in [-0.1, -0.05) is 0 Å². The molecule has 3 rings (SSSR count). The summed E-state index contributed by atoms with van der Waals surface area (Å²) in [7, 11) is 1.75. The smallest absolute Gasteiger partial charge is 0.106 e. The molecule has 21 heavy (non-hydrogen) atoms. The highest BCUT2D eigenvalue weighted by Gasteiger charge is 2.34. The molecule has 0 radical (unpaired) electrons. The first-order valence-electron chi connectivity index (χ1n) is 7.09. The Hall–Kier alpha value is -1.76. The summed E-state index contributed by atoms with van der Waals surface area (Å²) in [4.78, 5) is 4.14. The molecule has 2 aromatic heterocycles. The number of aromatic nitrogens is 3. The molecule has 2 N–H and O–H groups in total. The lowest BCUT2D eigenvalue weighted by Gasteiger charge is -2.26. The first-order chi connectivity index (χ1) is 10.3. The van der Waals surface area contributed by atoms with Gasteiger partial charge in [0.25, 0.3) is 0 Å². The molecule has 0 aliphatic carbocycles. The van der Waals surface area contributed by atoms with Crippen LogP contribution >= 0.6 is 0 Å². The fourth-order valence-electron chi connectivity index (χ4n) is 2.59. The van der Waals surface area contributed by atoms with Crippen LogP contribution < -0.4 is 5.32 Å². The van der Waals surface area contributed by atoms with Gasteiger partial charge < -0.3 is 14.8 Å². The van der Waals surface area contributed by atoms with E-state index >= 15 is 0 Å². The van der Waals surface area contributed by atoms with E-state index in [4.69, 9.17) is 9.47 Å². The molecular formula is C15H20N4O2.